The molecule has 180 valence electrons. The predicted octanol–water partition coefficient (Wildman–Crippen LogP) is 3.43. The van der Waals surface area contributed by atoms with Crippen LogP contribution in [0.4, 0.5) is 14.9 Å². The van der Waals surface area contributed by atoms with Crippen molar-refractivity contribution in [1.82, 2.24) is 10.6 Å². The topological polar surface area (TPSA) is 79.9 Å². The molecule has 0 aliphatic carbocycles. The van der Waals surface area contributed by atoms with Gasteiger partial charge in [0.05, 0.1) is 31.5 Å². The first-order chi connectivity index (χ1) is 16.4. The molecule has 2 heterocycles. The summed E-state index contributed by atoms with van der Waals surface area (Å²) >= 11 is 5.42. The summed E-state index contributed by atoms with van der Waals surface area (Å²) in [6.07, 6.45) is -0.721. The van der Waals surface area contributed by atoms with E-state index >= 15 is 0 Å². The Labute approximate surface area is 203 Å². The molecule has 4 rings (SSSR count). The van der Waals surface area contributed by atoms with Crippen molar-refractivity contribution < 1.29 is 23.5 Å². The zero-order valence-corrected chi connectivity index (χ0v) is 19.8. The molecule has 2 atom stereocenters. The average Bonchev–Trinajstić information content (AvgIpc) is 3.22. The highest BCUT2D eigenvalue weighted by atomic mass is 32.1. The van der Waals surface area contributed by atoms with E-state index in [9.17, 15) is 14.0 Å². The van der Waals surface area contributed by atoms with Crippen molar-refractivity contribution >= 4 is 34.8 Å². The van der Waals surface area contributed by atoms with Crippen LogP contribution in [0.25, 0.3) is 0 Å². The minimum Gasteiger partial charge on any atom is -0.442 e. The second-order valence-electron chi connectivity index (χ2n) is 8.48. The van der Waals surface area contributed by atoms with Crippen molar-refractivity contribution in [3.05, 3.63) is 65.0 Å². The van der Waals surface area contributed by atoms with Crippen molar-refractivity contribution in [3.8, 4) is 0 Å². The second kappa shape index (κ2) is 11.0. The molecule has 7 nitrogen and oxygen atoms in total. The summed E-state index contributed by atoms with van der Waals surface area (Å²) in [5.74, 6) is -0.597. The number of ether oxygens (including phenoxy) is 2. The number of amides is 2. The Balaban J connectivity index is 1.25. The molecular weight excluding hydrogens is 457 g/mol. The Morgan fingerprint density at radius 3 is 2.74 bits per heavy atom. The monoisotopic (exact) mass is 485 g/mol. The van der Waals surface area contributed by atoms with Crippen LogP contribution in [0.15, 0.2) is 42.5 Å². The first-order valence-electron chi connectivity index (χ1n) is 11.4. The molecule has 2 unspecified atom stereocenters. The fraction of sp³-hybridized carbons (Fsp3) is 0.400. The lowest BCUT2D eigenvalue weighted by Gasteiger charge is -2.25. The number of nitrogens with zero attached hydrogens (tertiary/aromatic N) is 1. The Morgan fingerprint density at radius 1 is 1.24 bits per heavy atom. The number of hydrogen-bond donors (Lipinski definition) is 2. The van der Waals surface area contributed by atoms with Crippen LogP contribution in [-0.2, 0) is 14.3 Å². The minimum absolute atomic E-state index is 0.166. The molecule has 2 aliphatic rings. The van der Waals surface area contributed by atoms with E-state index in [0.29, 0.717) is 30.8 Å². The third-order valence-electron chi connectivity index (χ3n) is 5.92. The number of rotatable bonds is 8. The Morgan fingerprint density at radius 2 is 2.03 bits per heavy atom. The maximum atomic E-state index is 14.7. The van der Waals surface area contributed by atoms with Gasteiger partial charge in [-0.05, 0) is 31.0 Å². The van der Waals surface area contributed by atoms with Crippen LogP contribution >= 0.6 is 12.2 Å². The third kappa shape index (κ3) is 5.97. The second-order valence-corrected chi connectivity index (χ2v) is 8.97. The van der Waals surface area contributed by atoms with Crippen LogP contribution in [0.1, 0.15) is 35.6 Å². The molecule has 0 saturated carbocycles. The average molecular weight is 486 g/mol. The SMILES string of the molecule is Cc1ccc(C(=S)CCC(=O)NCC2CN(c3ccc(C4CNCCO4)c(F)c3)C(=O)O2)cc1. The van der Waals surface area contributed by atoms with Crippen molar-refractivity contribution in [2.75, 3.05) is 37.7 Å². The number of hydrogen-bond acceptors (Lipinski definition) is 6. The van der Waals surface area contributed by atoms with E-state index in [2.05, 4.69) is 10.6 Å². The van der Waals surface area contributed by atoms with Crippen molar-refractivity contribution in [3.63, 3.8) is 0 Å². The number of benzene rings is 2. The van der Waals surface area contributed by atoms with Crippen molar-refractivity contribution in [2.24, 2.45) is 0 Å². The highest BCUT2D eigenvalue weighted by molar-refractivity contribution is 7.80. The zero-order valence-electron chi connectivity index (χ0n) is 19.0. The summed E-state index contributed by atoms with van der Waals surface area (Å²) in [6.45, 7) is 4.22. The molecule has 2 aliphatic heterocycles. The van der Waals surface area contributed by atoms with Gasteiger partial charge in [-0.15, -0.1) is 0 Å². The summed E-state index contributed by atoms with van der Waals surface area (Å²) in [7, 11) is 0. The number of aryl methyl sites for hydroxylation is 1. The molecule has 2 saturated heterocycles. The van der Waals surface area contributed by atoms with E-state index in [4.69, 9.17) is 21.7 Å². The molecule has 0 aromatic heterocycles. The molecule has 0 bridgehead atoms. The first-order valence-corrected chi connectivity index (χ1v) is 11.8. The summed E-state index contributed by atoms with van der Waals surface area (Å²) in [5.41, 5.74) is 2.96. The largest absolute Gasteiger partial charge is 0.442 e. The number of nitrogens with one attached hydrogen (secondary N) is 2. The molecule has 2 amide bonds. The van der Waals surface area contributed by atoms with Gasteiger partial charge in [0.2, 0.25) is 5.91 Å². The molecule has 2 aromatic rings. The van der Waals surface area contributed by atoms with Gasteiger partial charge in [0.1, 0.15) is 11.9 Å². The molecule has 2 aromatic carbocycles. The summed E-state index contributed by atoms with van der Waals surface area (Å²) in [5, 5.41) is 5.97. The van der Waals surface area contributed by atoms with Gasteiger partial charge in [0, 0.05) is 29.9 Å². The smallest absolute Gasteiger partial charge is 0.414 e. The standard InChI is InChI=1S/C25H28FN3O4S/c1-16-2-4-17(5-3-16)23(34)8-9-24(30)28-13-19-15-29(25(31)33-19)18-6-7-20(21(26)12-18)22-14-27-10-11-32-22/h2-7,12,19,22,27H,8-11,13-15H2,1H3,(H,28,30). The Kier molecular flexibility index (Phi) is 7.87. The summed E-state index contributed by atoms with van der Waals surface area (Å²) < 4.78 is 25.7. The maximum absolute atomic E-state index is 14.7. The lowest BCUT2D eigenvalue weighted by atomic mass is 10.1. The molecule has 2 N–H and O–H groups in total. The normalized spacial score (nSPS) is 20.2. The van der Waals surface area contributed by atoms with Gasteiger partial charge in [0.15, 0.2) is 0 Å². The molecular formula is C25H28FN3O4S. The van der Waals surface area contributed by atoms with Crippen LogP contribution in [0.2, 0.25) is 0 Å². The summed E-state index contributed by atoms with van der Waals surface area (Å²) in [4.78, 5) is 26.7. The molecule has 0 radical (unpaired) electrons. The van der Waals surface area contributed by atoms with E-state index in [-0.39, 0.29) is 31.5 Å². The summed E-state index contributed by atoms with van der Waals surface area (Å²) in [6, 6.07) is 12.5. The van der Waals surface area contributed by atoms with Crippen LogP contribution in [-0.4, -0.2) is 55.8 Å². The van der Waals surface area contributed by atoms with E-state index in [1.54, 1.807) is 12.1 Å². The van der Waals surface area contributed by atoms with Gasteiger partial charge >= 0.3 is 6.09 Å². The quantitative estimate of drug-likeness (QED) is 0.441. The number of carbonyl (C=O) groups excluding carboxylic acids is 2. The highest BCUT2D eigenvalue weighted by Crippen LogP contribution is 2.28. The van der Waals surface area contributed by atoms with Gasteiger partial charge in [0.25, 0.3) is 0 Å². The fourth-order valence-electron chi connectivity index (χ4n) is 3.98. The van der Waals surface area contributed by atoms with Crippen LogP contribution < -0.4 is 15.5 Å². The lowest BCUT2D eigenvalue weighted by Crippen LogP contribution is -2.35. The fourth-order valence-corrected chi connectivity index (χ4v) is 4.21. The molecule has 0 spiro atoms. The highest BCUT2D eigenvalue weighted by Gasteiger charge is 2.33. The van der Waals surface area contributed by atoms with Crippen LogP contribution in [0.3, 0.4) is 0 Å². The number of carbonyl (C=O) groups is 2. The van der Waals surface area contributed by atoms with E-state index < -0.39 is 18.0 Å². The van der Waals surface area contributed by atoms with E-state index in [1.807, 2.05) is 31.2 Å². The van der Waals surface area contributed by atoms with Gasteiger partial charge < -0.3 is 20.1 Å². The molecule has 2 fully saturated rings. The van der Waals surface area contributed by atoms with E-state index in [1.165, 1.54) is 11.0 Å². The zero-order chi connectivity index (χ0) is 24.1. The minimum atomic E-state index is -0.567. The van der Waals surface area contributed by atoms with Gasteiger partial charge in [-0.25, -0.2) is 9.18 Å². The maximum Gasteiger partial charge on any atom is 0.414 e. The van der Waals surface area contributed by atoms with Gasteiger partial charge in [-0.1, -0.05) is 48.1 Å². The number of thiocarbonyl (C=S) groups is 1. The molecule has 34 heavy (non-hydrogen) atoms. The van der Waals surface area contributed by atoms with E-state index in [0.717, 1.165) is 22.5 Å². The van der Waals surface area contributed by atoms with Crippen LogP contribution in [0.5, 0.6) is 0 Å². The number of cyclic esters (lactones) is 1. The number of halogens is 1. The van der Waals surface area contributed by atoms with Gasteiger partial charge in [-0.3, -0.25) is 9.69 Å². The lowest BCUT2D eigenvalue weighted by molar-refractivity contribution is -0.121. The Hall–Kier alpha value is -2.88. The van der Waals surface area contributed by atoms with Crippen molar-refractivity contribution in [2.45, 2.75) is 32.0 Å². The first kappa shape index (κ1) is 24.3. The predicted molar refractivity (Wildman–Crippen MR) is 131 cm³/mol. The Bertz CT molecular complexity index is 1060. The van der Waals surface area contributed by atoms with Crippen molar-refractivity contribution in [1.29, 1.82) is 0 Å². The number of anilines is 1. The van der Waals surface area contributed by atoms with Crippen LogP contribution in [0, 0.1) is 12.7 Å². The van der Waals surface area contributed by atoms with Gasteiger partial charge in [-0.2, -0.15) is 0 Å². The molecule has 9 heteroatoms. The number of morpholine rings is 1. The third-order valence-corrected chi connectivity index (χ3v) is 6.36.